The van der Waals surface area contributed by atoms with Gasteiger partial charge in [-0.2, -0.15) is 10.1 Å². The van der Waals surface area contributed by atoms with Gasteiger partial charge < -0.3 is 14.6 Å². The molecule has 2 heterocycles. The standard InChI is InChI=1S/C22H21N5O4/c1-2-30-22(29)17-13-18(27(25-17)16-11-7-4-8-12-16)21(28)23-14-19-24-20(26-31-19)15-9-5-3-6-10-15/h3-12,18H,2,13-14H2,1H3,(H,23,28). The van der Waals surface area contributed by atoms with Crippen LogP contribution in [0.5, 0.6) is 0 Å². The second-order valence-electron chi connectivity index (χ2n) is 6.76. The number of hydrogen-bond acceptors (Lipinski definition) is 8. The van der Waals surface area contributed by atoms with Crippen molar-refractivity contribution in [1.82, 2.24) is 15.5 Å². The monoisotopic (exact) mass is 419 g/mol. The van der Waals surface area contributed by atoms with Gasteiger partial charge in [0.05, 0.1) is 18.8 Å². The van der Waals surface area contributed by atoms with Gasteiger partial charge in [-0.3, -0.25) is 9.80 Å². The van der Waals surface area contributed by atoms with Crippen LogP contribution in [0, 0.1) is 0 Å². The van der Waals surface area contributed by atoms with Crippen LogP contribution in [-0.2, 0) is 20.9 Å². The van der Waals surface area contributed by atoms with E-state index in [0.717, 1.165) is 5.56 Å². The molecule has 0 saturated carbocycles. The molecule has 1 aromatic heterocycles. The maximum absolute atomic E-state index is 12.9. The number of para-hydroxylation sites is 1. The lowest BCUT2D eigenvalue weighted by molar-refractivity contribution is -0.135. The van der Waals surface area contributed by atoms with Gasteiger partial charge in [0, 0.05) is 12.0 Å². The molecular formula is C22H21N5O4. The van der Waals surface area contributed by atoms with Gasteiger partial charge in [0.2, 0.25) is 17.6 Å². The fourth-order valence-corrected chi connectivity index (χ4v) is 3.18. The molecular weight excluding hydrogens is 398 g/mol. The summed E-state index contributed by atoms with van der Waals surface area (Å²) in [5, 5.41) is 12.6. The second-order valence-corrected chi connectivity index (χ2v) is 6.76. The highest BCUT2D eigenvalue weighted by molar-refractivity contribution is 6.38. The third-order valence-electron chi connectivity index (χ3n) is 4.66. The van der Waals surface area contributed by atoms with Gasteiger partial charge in [0.15, 0.2) is 0 Å². The van der Waals surface area contributed by atoms with Gasteiger partial charge in [-0.1, -0.05) is 53.7 Å². The Kier molecular flexibility index (Phi) is 6.02. The average Bonchev–Trinajstić information content (AvgIpc) is 3.47. The molecule has 9 nitrogen and oxygen atoms in total. The van der Waals surface area contributed by atoms with E-state index in [1.165, 1.54) is 5.01 Å². The molecule has 1 atom stereocenters. The first-order valence-corrected chi connectivity index (χ1v) is 9.90. The van der Waals surface area contributed by atoms with E-state index in [1.807, 2.05) is 60.7 Å². The Morgan fingerprint density at radius 3 is 2.55 bits per heavy atom. The zero-order valence-electron chi connectivity index (χ0n) is 16.9. The van der Waals surface area contributed by atoms with Gasteiger partial charge in [0.1, 0.15) is 11.8 Å². The fourth-order valence-electron chi connectivity index (χ4n) is 3.18. The Bertz CT molecular complexity index is 1080. The van der Waals surface area contributed by atoms with Crippen LogP contribution in [-0.4, -0.2) is 40.4 Å². The first-order chi connectivity index (χ1) is 15.2. The number of carbonyl (C=O) groups excluding carboxylic acids is 2. The number of hydrazone groups is 1. The number of nitrogens with one attached hydrogen (secondary N) is 1. The molecule has 0 saturated heterocycles. The van der Waals surface area contributed by atoms with Crippen molar-refractivity contribution in [2.75, 3.05) is 11.6 Å². The van der Waals surface area contributed by atoms with Gasteiger partial charge >= 0.3 is 5.97 Å². The molecule has 1 unspecified atom stereocenters. The highest BCUT2D eigenvalue weighted by atomic mass is 16.5. The maximum atomic E-state index is 12.9. The molecule has 1 amide bonds. The minimum absolute atomic E-state index is 0.0620. The van der Waals surface area contributed by atoms with E-state index in [0.29, 0.717) is 11.5 Å². The molecule has 1 N–H and O–H groups in total. The smallest absolute Gasteiger partial charge is 0.354 e. The van der Waals surface area contributed by atoms with Crippen LogP contribution >= 0.6 is 0 Å². The van der Waals surface area contributed by atoms with Gasteiger partial charge in [0.25, 0.3) is 0 Å². The largest absolute Gasteiger partial charge is 0.461 e. The van der Waals surface area contributed by atoms with Crippen molar-refractivity contribution in [2.45, 2.75) is 25.9 Å². The van der Waals surface area contributed by atoms with Crippen molar-refractivity contribution in [1.29, 1.82) is 0 Å². The number of nitrogens with zero attached hydrogens (tertiary/aromatic N) is 4. The summed E-state index contributed by atoms with van der Waals surface area (Å²) in [5.74, 6) is -0.109. The summed E-state index contributed by atoms with van der Waals surface area (Å²) < 4.78 is 10.3. The number of amides is 1. The van der Waals surface area contributed by atoms with E-state index in [2.05, 4.69) is 20.6 Å². The molecule has 0 aliphatic carbocycles. The molecule has 4 rings (SSSR count). The van der Waals surface area contributed by atoms with E-state index < -0.39 is 12.0 Å². The number of benzene rings is 2. The van der Waals surface area contributed by atoms with Gasteiger partial charge in [-0.15, -0.1) is 0 Å². The third kappa shape index (κ3) is 4.61. The molecule has 3 aromatic rings. The predicted molar refractivity (Wildman–Crippen MR) is 113 cm³/mol. The summed E-state index contributed by atoms with van der Waals surface area (Å²) in [6, 6.07) is 17.9. The summed E-state index contributed by atoms with van der Waals surface area (Å²) >= 11 is 0. The Morgan fingerprint density at radius 1 is 1.13 bits per heavy atom. The van der Waals surface area contributed by atoms with Crippen molar-refractivity contribution in [3.8, 4) is 11.4 Å². The highest BCUT2D eigenvalue weighted by Gasteiger charge is 2.36. The Morgan fingerprint density at radius 2 is 1.84 bits per heavy atom. The number of ether oxygens (including phenoxy) is 1. The van der Waals surface area contributed by atoms with Crippen molar-refractivity contribution in [3.05, 3.63) is 66.6 Å². The van der Waals surface area contributed by atoms with Crippen LogP contribution in [0.4, 0.5) is 5.69 Å². The molecule has 1 aliphatic rings. The number of anilines is 1. The molecule has 0 bridgehead atoms. The van der Waals surface area contributed by atoms with E-state index >= 15 is 0 Å². The zero-order chi connectivity index (χ0) is 21.6. The van der Waals surface area contributed by atoms with Crippen molar-refractivity contribution < 1.29 is 18.8 Å². The number of hydrogen-bond donors (Lipinski definition) is 1. The van der Waals surface area contributed by atoms with Gasteiger partial charge in [-0.25, -0.2) is 4.79 Å². The summed E-state index contributed by atoms with van der Waals surface area (Å²) in [4.78, 5) is 29.4. The lowest BCUT2D eigenvalue weighted by atomic mass is 10.1. The number of carbonyl (C=O) groups is 2. The maximum Gasteiger partial charge on any atom is 0.354 e. The highest BCUT2D eigenvalue weighted by Crippen LogP contribution is 2.25. The van der Waals surface area contributed by atoms with Crippen LogP contribution in [0.1, 0.15) is 19.2 Å². The topological polar surface area (TPSA) is 110 Å². The molecule has 1 aliphatic heterocycles. The van der Waals surface area contributed by atoms with Crippen LogP contribution in [0.25, 0.3) is 11.4 Å². The molecule has 2 aromatic carbocycles. The summed E-state index contributed by atoms with van der Waals surface area (Å²) in [7, 11) is 0. The Balaban J connectivity index is 1.45. The second kappa shape index (κ2) is 9.21. The summed E-state index contributed by atoms with van der Waals surface area (Å²) in [6.45, 7) is 2.02. The lowest BCUT2D eigenvalue weighted by Crippen LogP contribution is -2.42. The van der Waals surface area contributed by atoms with Crippen molar-refractivity contribution >= 4 is 23.3 Å². The zero-order valence-corrected chi connectivity index (χ0v) is 16.9. The first kappa shape index (κ1) is 20.3. The average molecular weight is 419 g/mol. The molecule has 31 heavy (non-hydrogen) atoms. The fraction of sp³-hybridized carbons (Fsp3) is 0.227. The molecule has 158 valence electrons. The number of rotatable bonds is 7. The molecule has 0 spiro atoms. The third-order valence-corrected chi connectivity index (χ3v) is 4.66. The van der Waals surface area contributed by atoms with E-state index in [1.54, 1.807) is 6.92 Å². The minimum Gasteiger partial charge on any atom is -0.461 e. The number of esters is 1. The number of aromatic nitrogens is 2. The minimum atomic E-state index is -0.696. The van der Waals surface area contributed by atoms with Crippen molar-refractivity contribution in [2.24, 2.45) is 5.10 Å². The molecule has 9 heteroatoms. The van der Waals surface area contributed by atoms with Crippen LogP contribution < -0.4 is 10.3 Å². The summed E-state index contributed by atoms with van der Waals surface area (Å²) in [5.41, 5.74) is 1.73. The van der Waals surface area contributed by atoms with E-state index in [-0.39, 0.29) is 37.1 Å². The van der Waals surface area contributed by atoms with Crippen LogP contribution in [0.15, 0.2) is 70.3 Å². The Hall–Kier alpha value is -4.01. The first-order valence-electron chi connectivity index (χ1n) is 9.90. The SMILES string of the molecule is CCOC(=O)C1=NN(c2ccccc2)C(C(=O)NCc2nc(-c3ccccc3)no2)C1. The van der Waals surface area contributed by atoms with Crippen LogP contribution in [0.3, 0.4) is 0 Å². The lowest BCUT2D eigenvalue weighted by Gasteiger charge is -2.22. The molecule has 0 radical (unpaired) electrons. The normalized spacial score (nSPS) is 15.5. The summed E-state index contributed by atoms with van der Waals surface area (Å²) in [6.07, 6.45) is 0.138. The van der Waals surface area contributed by atoms with E-state index in [9.17, 15) is 9.59 Å². The van der Waals surface area contributed by atoms with Crippen molar-refractivity contribution in [3.63, 3.8) is 0 Å². The predicted octanol–water partition coefficient (Wildman–Crippen LogP) is 2.55. The Labute approximate surface area is 178 Å². The van der Waals surface area contributed by atoms with Crippen LogP contribution in [0.2, 0.25) is 0 Å². The van der Waals surface area contributed by atoms with Gasteiger partial charge in [-0.05, 0) is 19.1 Å². The van der Waals surface area contributed by atoms with E-state index in [4.69, 9.17) is 9.26 Å². The quantitative estimate of drug-likeness (QED) is 0.586. The molecule has 0 fully saturated rings.